The van der Waals surface area contributed by atoms with Crippen LogP contribution in [0, 0.1) is 24.0 Å². The maximum Gasteiger partial charge on any atom is 0.271 e. The second-order valence-corrected chi connectivity index (χ2v) is 6.10. The topological polar surface area (TPSA) is 81.5 Å². The maximum atomic E-state index is 12.5. The second-order valence-electron chi connectivity index (χ2n) is 5.69. The number of nitro groups is 1. The number of amides is 1. The molecule has 1 atom stereocenters. The van der Waals surface area contributed by atoms with Gasteiger partial charge in [0, 0.05) is 12.1 Å². The van der Waals surface area contributed by atoms with Gasteiger partial charge in [0.15, 0.2) is 6.10 Å². The van der Waals surface area contributed by atoms with E-state index in [4.69, 9.17) is 16.3 Å². The van der Waals surface area contributed by atoms with Crippen molar-refractivity contribution in [2.45, 2.75) is 33.3 Å². The molecule has 0 radical (unpaired) electrons. The highest BCUT2D eigenvalue weighted by Crippen LogP contribution is 2.27. The summed E-state index contributed by atoms with van der Waals surface area (Å²) in [5.74, 6) is 0.220. The van der Waals surface area contributed by atoms with Gasteiger partial charge in [-0.05, 0) is 43.5 Å². The van der Waals surface area contributed by atoms with Gasteiger partial charge >= 0.3 is 0 Å². The van der Waals surface area contributed by atoms with Crippen LogP contribution in [0.25, 0.3) is 0 Å². The van der Waals surface area contributed by atoms with Crippen molar-refractivity contribution in [2.24, 2.45) is 0 Å². The first-order chi connectivity index (χ1) is 11.8. The monoisotopic (exact) mass is 362 g/mol. The standard InChI is InChI=1S/C18H19ClN2O4/c1-4-16(25-17-9-11(2)5-6-12(17)3)18(22)20-15-10-13(21(23)24)7-8-14(15)19/h5-10,16H,4H2,1-3H3,(H,20,22)/t16-/m0/s1. The third-order valence-corrected chi connectivity index (χ3v) is 4.02. The lowest BCUT2D eigenvalue weighted by Gasteiger charge is -2.19. The van der Waals surface area contributed by atoms with Crippen molar-refractivity contribution >= 4 is 28.9 Å². The molecular formula is C18H19ClN2O4. The Morgan fingerprint density at radius 1 is 1.28 bits per heavy atom. The average molecular weight is 363 g/mol. The fraction of sp³-hybridized carbons (Fsp3) is 0.278. The number of hydrogen-bond acceptors (Lipinski definition) is 4. The third-order valence-electron chi connectivity index (χ3n) is 3.69. The van der Waals surface area contributed by atoms with Crippen molar-refractivity contribution in [3.63, 3.8) is 0 Å². The molecule has 0 aromatic heterocycles. The van der Waals surface area contributed by atoms with Crippen LogP contribution in [0.5, 0.6) is 5.75 Å². The molecular weight excluding hydrogens is 344 g/mol. The summed E-state index contributed by atoms with van der Waals surface area (Å²) in [5, 5.41) is 13.7. The number of hydrogen-bond donors (Lipinski definition) is 1. The lowest BCUT2D eigenvalue weighted by molar-refractivity contribution is -0.384. The minimum absolute atomic E-state index is 0.150. The van der Waals surface area contributed by atoms with Crippen molar-refractivity contribution < 1.29 is 14.5 Å². The molecule has 2 aromatic rings. The van der Waals surface area contributed by atoms with Gasteiger partial charge in [-0.2, -0.15) is 0 Å². The average Bonchev–Trinajstić information content (AvgIpc) is 2.57. The van der Waals surface area contributed by atoms with Crippen LogP contribution in [0.4, 0.5) is 11.4 Å². The number of nitrogens with one attached hydrogen (secondary N) is 1. The number of carbonyl (C=O) groups excluding carboxylic acids is 1. The minimum atomic E-state index is -0.740. The maximum absolute atomic E-state index is 12.5. The predicted molar refractivity (Wildman–Crippen MR) is 97.4 cm³/mol. The number of non-ortho nitro benzene ring substituents is 1. The first kappa shape index (κ1) is 18.7. The van der Waals surface area contributed by atoms with Crippen LogP contribution >= 0.6 is 11.6 Å². The first-order valence-electron chi connectivity index (χ1n) is 7.80. The molecule has 0 fully saturated rings. The molecule has 2 rings (SSSR count). The highest BCUT2D eigenvalue weighted by Gasteiger charge is 2.21. The van der Waals surface area contributed by atoms with Gasteiger partial charge in [-0.15, -0.1) is 0 Å². The molecule has 0 aliphatic carbocycles. The number of nitrogens with zero attached hydrogens (tertiary/aromatic N) is 1. The summed E-state index contributed by atoms with van der Waals surface area (Å²) in [6.45, 7) is 5.66. The van der Waals surface area contributed by atoms with E-state index in [2.05, 4.69) is 5.32 Å². The molecule has 0 unspecified atom stereocenters. The van der Waals surface area contributed by atoms with Gasteiger partial charge in [0.2, 0.25) is 0 Å². The van der Waals surface area contributed by atoms with E-state index in [0.717, 1.165) is 11.1 Å². The first-order valence-corrected chi connectivity index (χ1v) is 8.18. The van der Waals surface area contributed by atoms with E-state index < -0.39 is 16.9 Å². The molecule has 0 aliphatic rings. The van der Waals surface area contributed by atoms with Gasteiger partial charge in [-0.25, -0.2) is 0 Å². The second kappa shape index (κ2) is 7.98. The van der Waals surface area contributed by atoms with Crippen molar-refractivity contribution in [1.29, 1.82) is 0 Å². The smallest absolute Gasteiger partial charge is 0.271 e. The van der Waals surface area contributed by atoms with Crippen molar-refractivity contribution in [3.8, 4) is 5.75 Å². The zero-order valence-electron chi connectivity index (χ0n) is 14.2. The Balaban J connectivity index is 2.19. The quantitative estimate of drug-likeness (QED) is 0.598. The Hall–Kier alpha value is -2.60. The number of ether oxygens (including phenoxy) is 1. The number of aryl methyl sites for hydroxylation is 2. The molecule has 0 saturated heterocycles. The van der Waals surface area contributed by atoms with Gasteiger partial charge in [0.1, 0.15) is 5.75 Å². The van der Waals surface area contributed by atoms with Crippen LogP contribution < -0.4 is 10.1 Å². The van der Waals surface area contributed by atoms with Crippen LogP contribution in [0.15, 0.2) is 36.4 Å². The zero-order chi connectivity index (χ0) is 18.6. The van der Waals surface area contributed by atoms with Gasteiger partial charge in [-0.1, -0.05) is 30.7 Å². The molecule has 0 spiro atoms. The molecule has 0 bridgehead atoms. The van der Waals surface area contributed by atoms with Gasteiger partial charge < -0.3 is 10.1 Å². The third kappa shape index (κ3) is 4.70. The molecule has 0 heterocycles. The van der Waals surface area contributed by atoms with Crippen molar-refractivity contribution in [2.75, 3.05) is 5.32 Å². The van der Waals surface area contributed by atoms with E-state index in [1.165, 1.54) is 18.2 Å². The lowest BCUT2D eigenvalue weighted by Crippen LogP contribution is -2.32. The summed E-state index contributed by atoms with van der Waals surface area (Å²) in [6.07, 6.45) is -0.304. The predicted octanol–water partition coefficient (Wildman–Crippen LogP) is 4.66. The molecule has 25 heavy (non-hydrogen) atoms. The van der Waals surface area contributed by atoms with E-state index in [0.29, 0.717) is 12.2 Å². The molecule has 1 N–H and O–H groups in total. The fourth-order valence-electron chi connectivity index (χ4n) is 2.25. The van der Waals surface area contributed by atoms with Crippen LogP contribution in [0.2, 0.25) is 5.02 Å². The Morgan fingerprint density at radius 3 is 2.64 bits per heavy atom. The normalized spacial score (nSPS) is 11.7. The summed E-state index contributed by atoms with van der Waals surface area (Å²) < 4.78 is 5.84. The molecule has 0 saturated carbocycles. The number of carbonyl (C=O) groups is 1. The Labute approximate surface area is 150 Å². The Bertz CT molecular complexity index is 808. The zero-order valence-corrected chi connectivity index (χ0v) is 15.0. The molecule has 6 nitrogen and oxygen atoms in total. The minimum Gasteiger partial charge on any atom is -0.480 e. The fourth-order valence-corrected chi connectivity index (χ4v) is 2.41. The molecule has 7 heteroatoms. The summed E-state index contributed by atoms with van der Waals surface area (Å²) in [4.78, 5) is 22.8. The summed E-state index contributed by atoms with van der Waals surface area (Å²) in [7, 11) is 0. The van der Waals surface area contributed by atoms with Gasteiger partial charge in [0.05, 0.1) is 15.6 Å². The molecule has 0 aliphatic heterocycles. The number of rotatable bonds is 6. The lowest BCUT2D eigenvalue weighted by atomic mass is 10.1. The Kier molecular flexibility index (Phi) is 5.98. The van der Waals surface area contributed by atoms with E-state index in [1.807, 2.05) is 39.0 Å². The van der Waals surface area contributed by atoms with Crippen molar-refractivity contribution in [1.82, 2.24) is 0 Å². The highest BCUT2D eigenvalue weighted by molar-refractivity contribution is 6.33. The molecule has 1 amide bonds. The number of benzene rings is 2. The van der Waals surface area contributed by atoms with Crippen LogP contribution in [-0.2, 0) is 4.79 Å². The van der Waals surface area contributed by atoms with Gasteiger partial charge in [0.25, 0.3) is 11.6 Å². The van der Waals surface area contributed by atoms with Crippen LogP contribution in [0.1, 0.15) is 24.5 Å². The molecule has 2 aromatic carbocycles. The van der Waals surface area contributed by atoms with E-state index in [1.54, 1.807) is 0 Å². The van der Waals surface area contributed by atoms with Crippen LogP contribution in [0.3, 0.4) is 0 Å². The SMILES string of the molecule is CC[C@H](Oc1cc(C)ccc1C)C(=O)Nc1cc([N+](=O)[O-])ccc1Cl. The molecule has 132 valence electrons. The van der Waals surface area contributed by atoms with Crippen LogP contribution in [-0.4, -0.2) is 16.9 Å². The summed E-state index contributed by atoms with van der Waals surface area (Å²) in [5.41, 5.74) is 1.98. The van der Waals surface area contributed by atoms with Gasteiger partial charge in [-0.3, -0.25) is 14.9 Å². The Morgan fingerprint density at radius 2 is 2.00 bits per heavy atom. The number of halogens is 1. The van der Waals surface area contributed by atoms with E-state index >= 15 is 0 Å². The van der Waals surface area contributed by atoms with Crippen molar-refractivity contribution in [3.05, 3.63) is 62.7 Å². The largest absolute Gasteiger partial charge is 0.480 e. The summed E-state index contributed by atoms with van der Waals surface area (Å²) >= 11 is 6.02. The van der Waals surface area contributed by atoms with E-state index in [9.17, 15) is 14.9 Å². The van der Waals surface area contributed by atoms with E-state index in [-0.39, 0.29) is 16.4 Å². The highest BCUT2D eigenvalue weighted by atomic mass is 35.5. The summed E-state index contributed by atoms with van der Waals surface area (Å²) in [6, 6.07) is 9.64. The number of anilines is 1. The number of nitro benzene ring substituents is 1.